The van der Waals surface area contributed by atoms with Crippen LogP contribution in [0.2, 0.25) is 0 Å². The lowest BCUT2D eigenvalue weighted by Gasteiger charge is -2.08. The number of hydrogen-bond acceptors (Lipinski definition) is 4. The Morgan fingerprint density at radius 1 is 0.920 bits per heavy atom. The van der Waals surface area contributed by atoms with Crippen LogP contribution in [0.25, 0.3) is 0 Å². The molecule has 2 aromatic carbocycles. The zero-order valence-electron chi connectivity index (χ0n) is 13.3. The molecular formula is C17H18N2O5S. The Morgan fingerprint density at radius 3 is 2.16 bits per heavy atom. The van der Waals surface area contributed by atoms with Crippen LogP contribution in [0.1, 0.15) is 18.4 Å². The third-order valence-corrected chi connectivity index (χ3v) is 4.74. The highest BCUT2D eigenvalue weighted by atomic mass is 32.2. The molecule has 132 valence electrons. The Morgan fingerprint density at radius 2 is 1.56 bits per heavy atom. The van der Waals surface area contributed by atoms with Crippen molar-refractivity contribution in [1.82, 2.24) is 4.72 Å². The van der Waals surface area contributed by atoms with Gasteiger partial charge in [0, 0.05) is 18.7 Å². The lowest BCUT2D eigenvalue weighted by Crippen LogP contribution is -2.23. The zero-order chi connectivity index (χ0) is 18.3. The van der Waals surface area contributed by atoms with Crippen LogP contribution in [0.4, 0.5) is 5.69 Å². The van der Waals surface area contributed by atoms with E-state index in [1.54, 1.807) is 0 Å². The van der Waals surface area contributed by atoms with Crippen molar-refractivity contribution in [3.63, 3.8) is 0 Å². The van der Waals surface area contributed by atoms with E-state index in [-0.39, 0.29) is 24.3 Å². The highest BCUT2D eigenvalue weighted by Crippen LogP contribution is 2.15. The Labute approximate surface area is 145 Å². The highest BCUT2D eigenvalue weighted by Gasteiger charge is 2.14. The molecule has 0 aliphatic rings. The molecule has 3 N–H and O–H groups in total. The van der Waals surface area contributed by atoms with Gasteiger partial charge in [-0.15, -0.1) is 0 Å². The zero-order valence-corrected chi connectivity index (χ0v) is 14.1. The van der Waals surface area contributed by atoms with Gasteiger partial charge in [0.15, 0.2) is 0 Å². The molecule has 0 unspecified atom stereocenters. The van der Waals surface area contributed by atoms with Gasteiger partial charge in [-0.1, -0.05) is 30.3 Å². The first-order valence-corrected chi connectivity index (χ1v) is 9.00. The lowest BCUT2D eigenvalue weighted by atomic mass is 10.2. The topological polar surface area (TPSA) is 113 Å². The Balaban J connectivity index is 1.96. The Bertz CT molecular complexity index is 833. The number of carbonyl (C=O) groups is 2. The molecule has 0 heterocycles. The van der Waals surface area contributed by atoms with Gasteiger partial charge in [0.25, 0.3) is 0 Å². The SMILES string of the molecule is O=C(O)CCC(=O)Nc1ccc(S(=O)(=O)NCc2ccccc2)cc1. The predicted octanol–water partition coefficient (Wildman–Crippen LogP) is 1.97. The average molecular weight is 362 g/mol. The second kappa shape index (κ2) is 8.41. The van der Waals surface area contributed by atoms with Crippen molar-refractivity contribution in [2.75, 3.05) is 5.32 Å². The molecule has 0 radical (unpaired) electrons. The highest BCUT2D eigenvalue weighted by molar-refractivity contribution is 7.89. The summed E-state index contributed by atoms with van der Waals surface area (Å²) in [6.07, 6.45) is -0.407. The first-order chi connectivity index (χ1) is 11.9. The van der Waals surface area contributed by atoms with Crippen LogP contribution >= 0.6 is 0 Å². The maximum atomic E-state index is 12.3. The summed E-state index contributed by atoms with van der Waals surface area (Å²) in [6.45, 7) is 0.177. The largest absolute Gasteiger partial charge is 0.481 e. The van der Waals surface area contributed by atoms with Gasteiger partial charge in [0.05, 0.1) is 11.3 Å². The molecule has 2 rings (SSSR count). The van der Waals surface area contributed by atoms with Crippen molar-refractivity contribution in [3.8, 4) is 0 Å². The number of amides is 1. The predicted molar refractivity (Wildman–Crippen MR) is 92.4 cm³/mol. The van der Waals surface area contributed by atoms with Crippen LogP contribution in [0.15, 0.2) is 59.5 Å². The summed E-state index contributed by atoms with van der Waals surface area (Å²) in [7, 11) is -3.67. The van der Waals surface area contributed by atoms with E-state index >= 15 is 0 Å². The van der Waals surface area contributed by atoms with Gasteiger partial charge in [-0.05, 0) is 29.8 Å². The summed E-state index contributed by atoms with van der Waals surface area (Å²) in [5.41, 5.74) is 1.24. The van der Waals surface area contributed by atoms with Crippen LogP contribution in [0, 0.1) is 0 Å². The van der Waals surface area contributed by atoms with Crippen LogP contribution in [0.5, 0.6) is 0 Å². The van der Waals surface area contributed by atoms with Crippen molar-refractivity contribution in [1.29, 1.82) is 0 Å². The third-order valence-electron chi connectivity index (χ3n) is 3.32. The van der Waals surface area contributed by atoms with Crippen molar-refractivity contribution in [2.24, 2.45) is 0 Å². The van der Waals surface area contributed by atoms with Gasteiger partial charge < -0.3 is 10.4 Å². The van der Waals surface area contributed by atoms with Crippen LogP contribution < -0.4 is 10.0 Å². The minimum atomic E-state index is -3.67. The molecule has 0 saturated carbocycles. The van der Waals surface area contributed by atoms with Gasteiger partial charge in [-0.25, -0.2) is 13.1 Å². The lowest BCUT2D eigenvalue weighted by molar-refractivity contribution is -0.138. The van der Waals surface area contributed by atoms with Crippen LogP contribution in [-0.2, 0) is 26.2 Å². The quantitative estimate of drug-likeness (QED) is 0.664. The number of carboxylic acid groups (broad SMARTS) is 1. The molecule has 25 heavy (non-hydrogen) atoms. The number of benzene rings is 2. The Hall–Kier alpha value is -2.71. The molecule has 0 bridgehead atoms. The number of sulfonamides is 1. The van der Waals surface area contributed by atoms with E-state index in [4.69, 9.17) is 5.11 Å². The van der Waals surface area contributed by atoms with Crippen molar-refractivity contribution >= 4 is 27.6 Å². The molecule has 2 aromatic rings. The number of carboxylic acids is 1. The molecule has 0 saturated heterocycles. The summed E-state index contributed by atoms with van der Waals surface area (Å²) >= 11 is 0. The molecule has 0 aliphatic heterocycles. The van der Waals surface area contributed by atoms with Crippen molar-refractivity contribution < 1.29 is 23.1 Å². The van der Waals surface area contributed by atoms with Gasteiger partial charge in [0.1, 0.15) is 0 Å². The molecule has 0 spiro atoms. The fraction of sp³-hybridized carbons (Fsp3) is 0.176. The van der Waals surface area contributed by atoms with E-state index in [2.05, 4.69) is 10.0 Å². The Kier molecular flexibility index (Phi) is 6.26. The molecule has 0 atom stereocenters. The fourth-order valence-corrected chi connectivity index (χ4v) is 3.04. The number of anilines is 1. The van der Waals surface area contributed by atoms with E-state index in [0.717, 1.165) is 5.56 Å². The first-order valence-electron chi connectivity index (χ1n) is 7.52. The molecule has 0 aliphatic carbocycles. The molecule has 8 heteroatoms. The molecule has 1 amide bonds. The average Bonchev–Trinajstić information content (AvgIpc) is 2.60. The van der Waals surface area contributed by atoms with E-state index in [9.17, 15) is 18.0 Å². The standard InChI is InChI=1S/C17H18N2O5S/c20-16(10-11-17(21)22)19-14-6-8-15(9-7-14)25(23,24)18-12-13-4-2-1-3-5-13/h1-9,18H,10-12H2,(H,19,20)(H,21,22). The number of aliphatic carboxylic acids is 1. The second-order valence-corrected chi connectivity index (χ2v) is 7.04. The number of hydrogen-bond donors (Lipinski definition) is 3. The molecule has 7 nitrogen and oxygen atoms in total. The van der Waals surface area contributed by atoms with Gasteiger partial charge in [-0.3, -0.25) is 9.59 Å². The van der Waals surface area contributed by atoms with Crippen LogP contribution in [0.3, 0.4) is 0 Å². The monoisotopic (exact) mass is 362 g/mol. The second-order valence-electron chi connectivity index (χ2n) is 5.28. The fourth-order valence-electron chi connectivity index (χ4n) is 2.02. The number of carbonyl (C=O) groups excluding carboxylic acids is 1. The smallest absolute Gasteiger partial charge is 0.303 e. The number of rotatable bonds is 8. The van der Waals surface area contributed by atoms with E-state index in [0.29, 0.717) is 5.69 Å². The van der Waals surface area contributed by atoms with Gasteiger partial charge in [0.2, 0.25) is 15.9 Å². The minimum Gasteiger partial charge on any atom is -0.481 e. The first kappa shape index (κ1) is 18.6. The molecular weight excluding hydrogens is 344 g/mol. The summed E-state index contributed by atoms with van der Waals surface area (Å²) < 4.78 is 27.0. The molecule has 0 aromatic heterocycles. The van der Waals surface area contributed by atoms with E-state index in [1.165, 1.54) is 24.3 Å². The van der Waals surface area contributed by atoms with E-state index < -0.39 is 21.9 Å². The van der Waals surface area contributed by atoms with Crippen LogP contribution in [-0.4, -0.2) is 25.4 Å². The van der Waals surface area contributed by atoms with Gasteiger partial charge in [-0.2, -0.15) is 0 Å². The summed E-state index contributed by atoms with van der Waals surface area (Å²) in [5.74, 6) is -1.50. The number of nitrogens with one attached hydrogen (secondary N) is 2. The van der Waals surface area contributed by atoms with E-state index in [1.807, 2.05) is 30.3 Å². The maximum Gasteiger partial charge on any atom is 0.303 e. The minimum absolute atomic E-state index is 0.0759. The summed E-state index contributed by atoms with van der Waals surface area (Å²) in [6, 6.07) is 14.8. The normalized spacial score (nSPS) is 11.0. The summed E-state index contributed by atoms with van der Waals surface area (Å²) in [4.78, 5) is 22.1. The molecule has 0 fully saturated rings. The van der Waals surface area contributed by atoms with Crippen molar-refractivity contribution in [3.05, 3.63) is 60.2 Å². The third kappa shape index (κ3) is 6.02. The maximum absolute atomic E-state index is 12.3. The van der Waals surface area contributed by atoms with Gasteiger partial charge >= 0.3 is 5.97 Å². The van der Waals surface area contributed by atoms with Crippen molar-refractivity contribution in [2.45, 2.75) is 24.3 Å². The summed E-state index contributed by atoms with van der Waals surface area (Å²) in [5, 5.41) is 11.0.